The molecule has 1 heterocycles. The third-order valence-electron chi connectivity index (χ3n) is 2.56. The normalized spacial score (nSPS) is 12.5. The van der Waals surface area contributed by atoms with Crippen molar-refractivity contribution in [2.45, 2.75) is 19.4 Å². The van der Waals surface area contributed by atoms with Crippen LogP contribution in [0.25, 0.3) is 0 Å². The summed E-state index contributed by atoms with van der Waals surface area (Å²) in [5.41, 5.74) is 6.22. The van der Waals surface area contributed by atoms with Crippen molar-refractivity contribution in [3.8, 4) is 0 Å². The van der Waals surface area contributed by atoms with Gasteiger partial charge in [-0.25, -0.2) is 4.98 Å². The van der Waals surface area contributed by atoms with Crippen LogP contribution in [0.3, 0.4) is 0 Å². The molecule has 0 saturated carbocycles. The standard InChI is InChI=1S/C11H18ClN3S/c1-4-9(7-16-3)15(2)11-10(12)5-8(13)6-14-11/h5-6,9H,4,7,13H2,1-3H3. The number of nitrogens with two attached hydrogens (primary N) is 1. The molecule has 0 bridgehead atoms. The Morgan fingerprint density at radius 1 is 1.62 bits per heavy atom. The van der Waals surface area contributed by atoms with Crippen molar-refractivity contribution in [2.75, 3.05) is 29.7 Å². The summed E-state index contributed by atoms with van der Waals surface area (Å²) in [6.07, 6.45) is 4.82. The number of halogens is 1. The predicted octanol–water partition coefficient (Wildman–Crippen LogP) is 2.90. The van der Waals surface area contributed by atoms with E-state index in [0.717, 1.165) is 18.0 Å². The lowest BCUT2D eigenvalue weighted by molar-refractivity contribution is 0.666. The van der Waals surface area contributed by atoms with Crippen molar-refractivity contribution in [3.63, 3.8) is 0 Å². The highest BCUT2D eigenvalue weighted by molar-refractivity contribution is 7.98. The van der Waals surface area contributed by atoms with Crippen molar-refractivity contribution in [1.82, 2.24) is 4.98 Å². The molecule has 0 radical (unpaired) electrons. The van der Waals surface area contributed by atoms with Gasteiger partial charge >= 0.3 is 0 Å². The Morgan fingerprint density at radius 2 is 2.31 bits per heavy atom. The Bertz CT molecular complexity index is 346. The van der Waals surface area contributed by atoms with Crippen LogP contribution in [0.2, 0.25) is 5.02 Å². The first-order valence-electron chi connectivity index (χ1n) is 5.23. The quantitative estimate of drug-likeness (QED) is 0.883. The van der Waals surface area contributed by atoms with Gasteiger partial charge in [0.25, 0.3) is 0 Å². The monoisotopic (exact) mass is 259 g/mol. The zero-order valence-corrected chi connectivity index (χ0v) is 11.5. The highest BCUT2D eigenvalue weighted by Crippen LogP contribution is 2.26. The average Bonchev–Trinajstić information content (AvgIpc) is 2.25. The van der Waals surface area contributed by atoms with Gasteiger partial charge in [-0.05, 0) is 18.7 Å². The summed E-state index contributed by atoms with van der Waals surface area (Å²) in [6, 6.07) is 2.19. The highest BCUT2D eigenvalue weighted by Gasteiger charge is 2.16. The minimum Gasteiger partial charge on any atom is -0.397 e. The lowest BCUT2D eigenvalue weighted by Gasteiger charge is -2.28. The SMILES string of the molecule is CCC(CSC)N(C)c1ncc(N)cc1Cl. The number of aromatic nitrogens is 1. The Kier molecular flexibility index (Phi) is 5.22. The van der Waals surface area contributed by atoms with E-state index < -0.39 is 0 Å². The average molecular weight is 260 g/mol. The minimum absolute atomic E-state index is 0.448. The number of nitrogen functional groups attached to an aromatic ring is 1. The summed E-state index contributed by atoms with van der Waals surface area (Å²) < 4.78 is 0. The van der Waals surface area contributed by atoms with Gasteiger partial charge in [0, 0.05) is 18.8 Å². The molecule has 1 atom stereocenters. The lowest BCUT2D eigenvalue weighted by atomic mass is 10.2. The Hall–Kier alpha value is -0.610. The molecule has 1 unspecified atom stereocenters. The van der Waals surface area contributed by atoms with Gasteiger partial charge in [-0.3, -0.25) is 0 Å². The van der Waals surface area contributed by atoms with E-state index in [9.17, 15) is 0 Å². The molecule has 0 amide bonds. The van der Waals surface area contributed by atoms with E-state index in [0.29, 0.717) is 16.8 Å². The minimum atomic E-state index is 0.448. The smallest absolute Gasteiger partial charge is 0.147 e. The van der Waals surface area contributed by atoms with Crippen LogP contribution in [0.5, 0.6) is 0 Å². The van der Waals surface area contributed by atoms with Crippen molar-refractivity contribution in [2.24, 2.45) is 0 Å². The molecule has 90 valence electrons. The van der Waals surface area contributed by atoms with Crippen LogP contribution in [-0.4, -0.2) is 30.1 Å². The molecule has 0 fully saturated rings. The van der Waals surface area contributed by atoms with E-state index in [2.05, 4.69) is 23.1 Å². The van der Waals surface area contributed by atoms with E-state index in [1.54, 1.807) is 12.3 Å². The largest absolute Gasteiger partial charge is 0.397 e. The molecule has 1 rings (SSSR count). The predicted molar refractivity (Wildman–Crippen MR) is 74.5 cm³/mol. The number of anilines is 2. The van der Waals surface area contributed by atoms with Crippen LogP contribution in [0.1, 0.15) is 13.3 Å². The van der Waals surface area contributed by atoms with Crippen LogP contribution < -0.4 is 10.6 Å². The molecule has 5 heteroatoms. The van der Waals surface area contributed by atoms with Crippen molar-refractivity contribution in [1.29, 1.82) is 0 Å². The highest BCUT2D eigenvalue weighted by atomic mass is 35.5. The molecule has 16 heavy (non-hydrogen) atoms. The van der Waals surface area contributed by atoms with Crippen molar-refractivity contribution < 1.29 is 0 Å². The molecule has 0 aliphatic carbocycles. The van der Waals surface area contributed by atoms with Gasteiger partial charge in [-0.15, -0.1) is 0 Å². The summed E-state index contributed by atoms with van der Waals surface area (Å²) in [4.78, 5) is 6.41. The maximum absolute atomic E-state index is 6.13. The van der Waals surface area contributed by atoms with Gasteiger partial charge in [0.15, 0.2) is 0 Å². The summed E-state index contributed by atoms with van der Waals surface area (Å²) >= 11 is 7.96. The molecule has 1 aromatic rings. The molecule has 0 spiro atoms. The summed E-state index contributed by atoms with van der Waals surface area (Å²) in [6.45, 7) is 2.17. The van der Waals surface area contributed by atoms with E-state index in [1.807, 2.05) is 18.8 Å². The second-order valence-electron chi connectivity index (χ2n) is 3.70. The first kappa shape index (κ1) is 13.5. The van der Waals surface area contributed by atoms with Gasteiger partial charge < -0.3 is 10.6 Å². The lowest BCUT2D eigenvalue weighted by Crippen LogP contribution is -2.34. The Morgan fingerprint density at radius 3 is 2.81 bits per heavy atom. The molecular formula is C11H18ClN3S. The molecule has 0 saturated heterocycles. The molecule has 0 aromatic carbocycles. The van der Waals surface area contributed by atoms with E-state index in [1.165, 1.54) is 0 Å². The number of hydrogen-bond donors (Lipinski definition) is 1. The number of thioether (sulfide) groups is 1. The Balaban J connectivity index is 2.89. The Labute approximate surface area is 106 Å². The van der Waals surface area contributed by atoms with E-state index >= 15 is 0 Å². The van der Waals surface area contributed by atoms with Crippen LogP contribution in [0, 0.1) is 0 Å². The van der Waals surface area contributed by atoms with Crippen LogP contribution >= 0.6 is 23.4 Å². The molecule has 0 aliphatic heterocycles. The summed E-state index contributed by atoms with van der Waals surface area (Å²) in [7, 11) is 2.02. The van der Waals surface area contributed by atoms with Crippen LogP contribution in [-0.2, 0) is 0 Å². The molecule has 0 aliphatic rings. The number of nitrogens with zero attached hydrogens (tertiary/aromatic N) is 2. The fraction of sp³-hybridized carbons (Fsp3) is 0.545. The molecule has 2 N–H and O–H groups in total. The van der Waals surface area contributed by atoms with Crippen molar-refractivity contribution in [3.05, 3.63) is 17.3 Å². The third kappa shape index (κ3) is 3.19. The molecule has 1 aromatic heterocycles. The van der Waals surface area contributed by atoms with E-state index in [4.69, 9.17) is 17.3 Å². The first-order chi connectivity index (χ1) is 7.60. The number of pyridine rings is 1. The fourth-order valence-corrected chi connectivity index (χ4v) is 2.73. The third-order valence-corrected chi connectivity index (χ3v) is 3.55. The number of rotatable bonds is 5. The molecule has 3 nitrogen and oxygen atoms in total. The maximum Gasteiger partial charge on any atom is 0.147 e. The number of hydrogen-bond acceptors (Lipinski definition) is 4. The maximum atomic E-state index is 6.13. The van der Waals surface area contributed by atoms with Gasteiger partial charge in [0.1, 0.15) is 5.82 Å². The second kappa shape index (κ2) is 6.21. The summed E-state index contributed by atoms with van der Waals surface area (Å²) in [5.74, 6) is 1.87. The second-order valence-corrected chi connectivity index (χ2v) is 5.02. The van der Waals surface area contributed by atoms with Crippen LogP contribution in [0.15, 0.2) is 12.3 Å². The van der Waals surface area contributed by atoms with Gasteiger partial charge in [0.05, 0.1) is 16.9 Å². The topological polar surface area (TPSA) is 42.2 Å². The van der Waals surface area contributed by atoms with E-state index in [-0.39, 0.29) is 0 Å². The fourth-order valence-electron chi connectivity index (χ4n) is 1.57. The van der Waals surface area contributed by atoms with Gasteiger partial charge in [0.2, 0.25) is 0 Å². The van der Waals surface area contributed by atoms with Gasteiger partial charge in [-0.2, -0.15) is 11.8 Å². The zero-order chi connectivity index (χ0) is 12.1. The van der Waals surface area contributed by atoms with Crippen LogP contribution in [0.4, 0.5) is 11.5 Å². The van der Waals surface area contributed by atoms with Crippen molar-refractivity contribution >= 4 is 34.9 Å². The first-order valence-corrected chi connectivity index (χ1v) is 7.00. The summed E-state index contributed by atoms with van der Waals surface area (Å²) in [5, 5.41) is 0.613. The molecular weight excluding hydrogens is 242 g/mol. The zero-order valence-electron chi connectivity index (χ0n) is 9.90. The van der Waals surface area contributed by atoms with Gasteiger partial charge in [-0.1, -0.05) is 18.5 Å².